The molecule has 1 N–H and O–H groups in total. The second-order valence-electron chi connectivity index (χ2n) is 3.40. The molecule has 1 aromatic carbocycles. The lowest BCUT2D eigenvalue weighted by atomic mass is 10.3. The molecule has 0 unspecified atom stereocenters. The first-order chi connectivity index (χ1) is 8.49. The van der Waals surface area contributed by atoms with Gasteiger partial charge in [0.2, 0.25) is 0 Å². The molecule has 0 saturated carbocycles. The van der Waals surface area contributed by atoms with Crippen molar-refractivity contribution in [2.24, 2.45) is 0 Å². The van der Waals surface area contributed by atoms with Gasteiger partial charge < -0.3 is 5.11 Å². The highest BCUT2D eigenvalue weighted by molar-refractivity contribution is 5.86. The Labute approximate surface area is 98.9 Å². The fourth-order valence-corrected chi connectivity index (χ4v) is 1.36. The maximum absolute atomic E-state index is 13.4. The Bertz CT molecular complexity index is 682. The number of aromatic carboxylic acids is 1. The minimum Gasteiger partial charge on any atom is -0.478 e. The van der Waals surface area contributed by atoms with E-state index in [1.807, 2.05) is 0 Å². The number of nitrogens with zero attached hydrogens (tertiary/aromatic N) is 2. The van der Waals surface area contributed by atoms with Gasteiger partial charge in [0, 0.05) is 12.1 Å². The van der Waals surface area contributed by atoms with Gasteiger partial charge in [-0.15, -0.1) is 0 Å². The first-order valence-corrected chi connectivity index (χ1v) is 4.77. The molecule has 0 fully saturated rings. The Morgan fingerprint density at radius 3 is 2.56 bits per heavy atom. The number of hydrogen-bond acceptors (Lipinski definition) is 3. The summed E-state index contributed by atoms with van der Waals surface area (Å²) in [5.41, 5.74) is -1.38. The van der Waals surface area contributed by atoms with Crippen molar-refractivity contribution in [2.45, 2.75) is 0 Å². The van der Waals surface area contributed by atoms with E-state index in [0.717, 1.165) is 24.4 Å². The minimum absolute atomic E-state index is 0.252. The van der Waals surface area contributed by atoms with Gasteiger partial charge in [-0.05, 0) is 12.1 Å². The van der Waals surface area contributed by atoms with Crippen LogP contribution in [0.2, 0.25) is 0 Å². The number of rotatable bonds is 2. The third-order valence-corrected chi connectivity index (χ3v) is 2.18. The summed E-state index contributed by atoms with van der Waals surface area (Å²) in [7, 11) is 0. The molecule has 7 heteroatoms. The molecule has 0 saturated heterocycles. The fraction of sp³-hybridized carbons (Fsp3) is 0. The lowest BCUT2D eigenvalue weighted by molar-refractivity contribution is 0.0696. The number of carboxylic acids is 1. The third-order valence-electron chi connectivity index (χ3n) is 2.18. The molecule has 0 spiro atoms. The third kappa shape index (κ3) is 2.10. The largest absolute Gasteiger partial charge is 0.478 e. The van der Waals surface area contributed by atoms with Gasteiger partial charge >= 0.3 is 5.97 Å². The van der Waals surface area contributed by atoms with E-state index in [9.17, 15) is 18.4 Å². The van der Waals surface area contributed by atoms with Crippen LogP contribution in [-0.2, 0) is 0 Å². The van der Waals surface area contributed by atoms with Crippen LogP contribution in [0.15, 0.2) is 35.3 Å². The van der Waals surface area contributed by atoms with Crippen molar-refractivity contribution in [3.05, 3.63) is 58.0 Å². The second-order valence-corrected chi connectivity index (χ2v) is 3.40. The summed E-state index contributed by atoms with van der Waals surface area (Å²) < 4.78 is 26.8. The van der Waals surface area contributed by atoms with E-state index >= 15 is 0 Å². The molecule has 5 nitrogen and oxygen atoms in total. The zero-order valence-corrected chi connectivity index (χ0v) is 8.80. The number of hydrogen-bond donors (Lipinski definition) is 1. The van der Waals surface area contributed by atoms with Gasteiger partial charge in [-0.3, -0.25) is 4.79 Å². The summed E-state index contributed by atoms with van der Waals surface area (Å²) in [6.45, 7) is 0. The van der Waals surface area contributed by atoms with Crippen molar-refractivity contribution >= 4 is 5.97 Å². The van der Waals surface area contributed by atoms with E-state index in [0.29, 0.717) is 10.7 Å². The van der Waals surface area contributed by atoms with Crippen LogP contribution in [0, 0.1) is 11.6 Å². The highest BCUT2D eigenvalue weighted by Gasteiger charge is 2.11. The van der Waals surface area contributed by atoms with Gasteiger partial charge in [0.05, 0.1) is 11.8 Å². The second kappa shape index (κ2) is 4.36. The zero-order chi connectivity index (χ0) is 13.3. The van der Waals surface area contributed by atoms with Crippen LogP contribution in [0.3, 0.4) is 0 Å². The predicted molar refractivity (Wildman–Crippen MR) is 56.7 cm³/mol. The highest BCUT2D eigenvalue weighted by Crippen LogP contribution is 2.11. The SMILES string of the molecule is O=C(O)c1cnn(-c2ccc(F)cc2F)c(=O)c1. The molecular weight excluding hydrogens is 246 g/mol. The lowest BCUT2D eigenvalue weighted by Crippen LogP contribution is -2.22. The number of carbonyl (C=O) groups is 1. The van der Waals surface area contributed by atoms with Crippen molar-refractivity contribution in [1.29, 1.82) is 0 Å². The van der Waals surface area contributed by atoms with Crippen molar-refractivity contribution in [3.8, 4) is 5.69 Å². The van der Waals surface area contributed by atoms with Gasteiger partial charge in [-0.1, -0.05) is 0 Å². The molecule has 1 heterocycles. The Kier molecular flexibility index (Phi) is 2.88. The quantitative estimate of drug-likeness (QED) is 0.871. The first kappa shape index (κ1) is 11.9. The summed E-state index contributed by atoms with van der Waals surface area (Å²) in [6, 6.07) is 3.42. The van der Waals surface area contributed by atoms with Crippen molar-refractivity contribution in [3.63, 3.8) is 0 Å². The summed E-state index contributed by atoms with van der Waals surface area (Å²) in [6.07, 6.45) is 0.909. The molecule has 0 atom stereocenters. The van der Waals surface area contributed by atoms with Gasteiger partial charge in [0.25, 0.3) is 5.56 Å². The van der Waals surface area contributed by atoms with Crippen LogP contribution in [0.1, 0.15) is 10.4 Å². The molecule has 0 aliphatic heterocycles. The molecule has 0 radical (unpaired) electrons. The van der Waals surface area contributed by atoms with E-state index in [-0.39, 0.29) is 11.3 Å². The minimum atomic E-state index is -1.31. The Morgan fingerprint density at radius 2 is 2.00 bits per heavy atom. The van der Waals surface area contributed by atoms with E-state index in [2.05, 4.69) is 5.10 Å². The molecule has 0 amide bonds. The van der Waals surface area contributed by atoms with Gasteiger partial charge in [-0.2, -0.15) is 9.78 Å². The molecule has 2 rings (SSSR count). The smallest absolute Gasteiger partial charge is 0.337 e. The standard InChI is InChI=1S/C11H6F2N2O3/c12-7-1-2-9(8(13)4-7)15-10(16)3-6(5-14-15)11(17)18/h1-5H,(H,17,18). The molecule has 18 heavy (non-hydrogen) atoms. The van der Waals surface area contributed by atoms with Crippen LogP contribution >= 0.6 is 0 Å². The van der Waals surface area contributed by atoms with E-state index < -0.39 is 23.2 Å². The molecule has 0 aliphatic carbocycles. The van der Waals surface area contributed by atoms with Gasteiger partial charge in [0.1, 0.15) is 11.5 Å². The maximum Gasteiger partial charge on any atom is 0.337 e. The van der Waals surface area contributed by atoms with Gasteiger partial charge in [0.15, 0.2) is 5.82 Å². The molecule has 0 aliphatic rings. The van der Waals surface area contributed by atoms with E-state index in [1.165, 1.54) is 0 Å². The van der Waals surface area contributed by atoms with E-state index in [1.54, 1.807) is 0 Å². The highest BCUT2D eigenvalue weighted by atomic mass is 19.1. The number of aromatic nitrogens is 2. The zero-order valence-electron chi connectivity index (χ0n) is 8.80. The molecule has 2 aromatic rings. The first-order valence-electron chi connectivity index (χ1n) is 4.77. The van der Waals surface area contributed by atoms with Crippen molar-refractivity contribution in [2.75, 3.05) is 0 Å². The molecule has 0 bridgehead atoms. The Hall–Kier alpha value is -2.57. The van der Waals surface area contributed by atoms with Crippen molar-refractivity contribution in [1.82, 2.24) is 9.78 Å². The van der Waals surface area contributed by atoms with Crippen LogP contribution < -0.4 is 5.56 Å². The molecule has 92 valence electrons. The van der Waals surface area contributed by atoms with Gasteiger partial charge in [-0.25, -0.2) is 13.6 Å². The summed E-state index contributed by atoms with van der Waals surface area (Å²) >= 11 is 0. The lowest BCUT2D eigenvalue weighted by Gasteiger charge is -2.05. The molecular formula is C11H6F2N2O3. The summed E-state index contributed by atoms with van der Waals surface area (Å²) in [5, 5.41) is 12.2. The van der Waals surface area contributed by atoms with Crippen LogP contribution in [0.5, 0.6) is 0 Å². The van der Waals surface area contributed by atoms with Crippen molar-refractivity contribution < 1.29 is 18.7 Å². The number of benzene rings is 1. The summed E-state index contributed by atoms with van der Waals surface area (Å²) in [4.78, 5) is 22.2. The average Bonchev–Trinajstić information content (AvgIpc) is 2.30. The van der Waals surface area contributed by atoms with E-state index in [4.69, 9.17) is 5.11 Å². The Balaban J connectivity index is 2.58. The predicted octanol–water partition coefficient (Wildman–Crippen LogP) is 1.21. The number of carboxylic acid groups (broad SMARTS) is 1. The molecule has 1 aromatic heterocycles. The fourth-order valence-electron chi connectivity index (χ4n) is 1.36. The van der Waals surface area contributed by atoms with Crippen LogP contribution in [0.25, 0.3) is 5.69 Å². The van der Waals surface area contributed by atoms with Crippen LogP contribution in [0.4, 0.5) is 8.78 Å². The topological polar surface area (TPSA) is 72.2 Å². The summed E-state index contributed by atoms with van der Waals surface area (Å²) in [5.74, 6) is -3.06. The Morgan fingerprint density at radius 1 is 1.28 bits per heavy atom. The van der Waals surface area contributed by atoms with Crippen LogP contribution in [-0.4, -0.2) is 20.9 Å². The maximum atomic E-state index is 13.4. The monoisotopic (exact) mass is 252 g/mol. The average molecular weight is 252 g/mol. The number of halogens is 2. The normalized spacial score (nSPS) is 10.3.